The van der Waals surface area contributed by atoms with Crippen LogP contribution in [0.15, 0.2) is 24.3 Å². The summed E-state index contributed by atoms with van der Waals surface area (Å²) in [5.41, 5.74) is 3.83. The number of nitrogens with one attached hydrogen (secondary N) is 1. The minimum Gasteiger partial charge on any atom is -0.305 e. The number of hydrogen-bond acceptors (Lipinski definition) is 2. The van der Waals surface area contributed by atoms with Crippen LogP contribution in [0.4, 0.5) is 4.39 Å². The first kappa shape index (κ1) is 14.7. The summed E-state index contributed by atoms with van der Waals surface area (Å²) in [5, 5.41) is 7.93. The molecule has 1 unspecified atom stereocenters. The van der Waals surface area contributed by atoms with Crippen molar-refractivity contribution in [2.45, 2.75) is 33.2 Å². The number of rotatable bonds is 5. The Balaban J connectivity index is 2.41. The van der Waals surface area contributed by atoms with Gasteiger partial charge in [-0.05, 0) is 50.1 Å². The second-order valence-electron chi connectivity index (χ2n) is 5.23. The summed E-state index contributed by atoms with van der Waals surface area (Å²) < 4.78 is 15.4. The van der Waals surface area contributed by atoms with Crippen molar-refractivity contribution in [2.24, 2.45) is 7.05 Å². The minimum absolute atomic E-state index is 0.0421. The molecule has 0 saturated carbocycles. The van der Waals surface area contributed by atoms with Crippen LogP contribution in [-0.4, -0.2) is 16.3 Å². The molecule has 1 atom stereocenters. The maximum absolute atomic E-state index is 13.5. The van der Waals surface area contributed by atoms with E-state index in [1.165, 1.54) is 6.07 Å². The lowest BCUT2D eigenvalue weighted by molar-refractivity contribution is 0.550. The third-order valence-electron chi connectivity index (χ3n) is 3.45. The fourth-order valence-electron chi connectivity index (χ4n) is 2.43. The van der Waals surface area contributed by atoms with Gasteiger partial charge in [-0.15, -0.1) is 0 Å². The zero-order valence-corrected chi connectivity index (χ0v) is 12.6. The number of aryl methyl sites for hydroxylation is 3. The molecule has 4 heteroatoms. The van der Waals surface area contributed by atoms with Crippen molar-refractivity contribution in [3.8, 4) is 0 Å². The highest BCUT2D eigenvalue weighted by Gasteiger charge is 2.18. The van der Waals surface area contributed by atoms with Crippen molar-refractivity contribution in [2.75, 3.05) is 6.54 Å². The van der Waals surface area contributed by atoms with Gasteiger partial charge < -0.3 is 5.32 Å². The summed E-state index contributed by atoms with van der Waals surface area (Å²) in [4.78, 5) is 0. The molecule has 0 bridgehead atoms. The van der Waals surface area contributed by atoms with E-state index in [9.17, 15) is 4.39 Å². The fraction of sp³-hybridized carbons (Fsp3) is 0.438. The van der Waals surface area contributed by atoms with E-state index >= 15 is 0 Å². The highest BCUT2D eigenvalue weighted by molar-refractivity contribution is 5.32. The van der Waals surface area contributed by atoms with Crippen molar-refractivity contribution < 1.29 is 4.39 Å². The monoisotopic (exact) mass is 275 g/mol. The molecule has 1 aromatic carbocycles. The summed E-state index contributed by atoms with van der Waals surface area (Å²) >= 11 is 0. The van der Waals surface area contributed by atoms with Gasteiger partial charge in [-0.3, -0.25) is 4.68 Å². The Morgan fingerprint density at radius 1 is 1.30 bits per heavy atom. The number of halogens is 1. The van der Waals surface area contributed by atoms with Crippen LogP contribution >= 0.6 is 0 Å². The smallest absolute Gasteiger partial charge is 0.126 e. The standard InChI is InChI=1S/C16H22FN3/c1-5-8-18-16(15-10-12(3)19-20(15)4)13-6-7-14(17)11(2)9-13/h6-7,9-10,16,18H,5,8H2,1-4H3. The van der Waals surface area contributed by atoms with Gasteiger partial charge in [-0.1, -0.05) is 19.1 Å². The van der Waals surface area contributed by atoms with Crippen LogP contribution in [-0.2, 0) is 7.05 Å². The van der Waals surface area contributed by atoms with Gasteiger partial charge in [0.05, 0.1) is 17.4 Å². The van der Waals surface area contributed by atoms with E-state index in [4.69, 9.17) is 0 Å². The van der Waals surface area contributed by atoms with Gasteiger partial charge in [0, 0.05) is 7.05 Å². The van der Waals surface area contributed by atoms with Gasteiger partial charge >= 0.3 is 0 Å². The van der Waals surface area contributed by atoms with Crippen molar-refractivity contribution in [3.05, 3.63) is 52.6 Å². The first-order chi connectivity index (χ1) is 9.52. The molecule has 0 aliphatic rings. The Morgan fingerprint density at radius 2 is 2.05 bits per heavy atom. The predicted octanol–water partition coefficient (Wildman–Crippen LogP) is 3.27. The van der Waals surface area contributed by atoms with Crippen molar-refractivity contribution >= 4 is 0 Å². The number of hydrogen-bond donors (Lipinski definition) is 1. The van der Waals surface area contributed by atoms with E-state index in [0.29, 0.717) is 5.56 Å². The number of nitrogens with zero attached hydrogens (tertiary/aromatic N) is 2. The van der Waals surface area contributed by atoms with Gasteiger partial charge in [0.15, 0.2) is 0 Å². The van der Waals surface area contributed by atoms with Crippen LogP contribution in [0.25, 0.3) is 0 Å². The molecular weight excluding hydrogens is 253 g/mol. The second kappa shape index (κ2) is 6.18. The van der Waals surface area contributed by atoms with Crippen molar-refractivity contribution in [3.63, 3.8) is 0 Å². The van der Waals surface area contributed by atoms with Gasteiger partial charge in [0.25, 0.3) is 0 Å². The average molecular weight is 275 g/mol. The first-order valence-corrected chi connectivity index (χ1v) is 7.03. The van der Waals surface area contributed by atoms with Crippen LogP contribution in [0.1, 0.15) is 41.9 Å². The maximum Gasteiger partial charge on any atom is 0.126 e. The lowest BCUT2D eigenvalue weighted by Gasteiger charge is -2.20. The Bertz CT molecular complexity index is 589. The molecule has 0 radical (unpaired) electrons. The van der Waals surface area contributed by atoms with Crippen molar-refractivity contribution in [1.29, 1.82) is 0 Å². The van der Waals surface area contributed by atoms with Gasteiger partial charge in [-0.2, -0.15) is 5.10 Å². The summed E-state index contributed by atoms with van der Waals surface area (Å²) in [5.74, 6) is -0.163. The van der Waals surface area contributed by atoms with E-state index < -0.39 is 0 Å². The molecule has 0 amide bonds. The summed E-state index contributed by atoms with van der Waals surface area (Å²) in [6.45, 7) is 6.82. The van der Waals surface area contributed by atoms with E-state index in [0.717, 1.165) is 29.9 Å². The second-order valence-corrected chi connectivity index (χ2v) is 5.23. The van der Waals surface area contributed by atoms with Crippen molar-refractivity contribution in [1.82, 2.24) is 15.1 Å². The Hall–Kier alpha value is -1.68. The van der Waals surface area contributed by atoms with Crippen LogP contribution in [0, 0.1) is 19.7 Å². The van der Waals surface area contributed by atoms with Crippen LogP contribution in [0.5, 0.6) is 0 Å². The summed E-state index contributed by atoms with van der Waals surface area (Å²) in [7, 11) is 1.94. The third-order valence-corrected chi connectivity index (χ3v) is 3.45. The van der Waals surface area contributed by atoms with Gasteiger partial charge in [0.2, 0.25) is 0 Å². The molecule has 1 N–H and O–H groups in total. The largest absolute Gasteiger partial charge is 0.305 e. The minimum atomic E-state index is -0.163. The topological polar surface area (TPSA) is 29.9 Å². The SMILES string of the molecule is CCCNC(c1ccc(F)c(C)c1)c1cc(C)nn1C. The zero-order chi connectivity index (χ0) is 14.7. The molecule has 0 spiro atoms. The van der Waals surface area contributed by atoms with Gasteiger partial charge in [-0.25, -0.2) is 4.39 Å². The summed E-state index contributed by atoms with van der Waals surface area (Å²) in [6, 6.07) is 7.41. The highest BCUT2D eigenvalue weighted by atomic mass is 19.1. The molecule has 1 heterocycles. The first-order valence-electron chi connectivity index (χ1n) is 7.03. The molecule has 0 fully saturated rings. The molecule has 3 nitrogen and oxygen atoms in total. The lowest BCUT2D eigenvalue weighted by Crippen LogP contribution is -2.25. The quantitative estimate of drug-likeness (QED) is 0.907. The Kier molecular flexibility index (Phi) is 4.55. The fourth-order valence-corrected chi connectivity index (χ4v) is 2.43. The van der Waals surface area contributed by atoms with Crippen LogP contribution < -0.4 is 5.32 Å². The molecule has 1 aromatic heterocycles. The molecular formula is C16H22FN3. The van der Waals surface area contributed by atoms with Crippen LogP contribution in [0.3, 0.4) is 0 Å². The lowest BCUT2D eigenvalue weighted by atomic mass is 10.0. The molecule has 0 saturated heterocycles. The molecule has 0 aliphatic carbocycles. The highest BCUT2D eigenvalue weighted by Crippen LogP contribution is 2.24. The Labute approximate surface area is 119 Å². The molecule has 0 aliphatic heterocycles. The molecule has 20 heavy (non-hydrogen) atoms. The normalized spacial score (nSPS) is 12.7. The van der Waals surface area contributed by atoms with E-state index in [1.807, 2.05) is 30.8 Å². The Morgan fingerprint density at radius 3 is 2.60 bits per heavy atom. The zero-order valence-electron chi connectivity index (χ0n) is 12.6. The average Bonchev–Trinajstić information content (AvgIpc) is 2.73. The number of aromatic nitrogens is 2. The molecule has 2 rings (SSSR count). The molecule has 2 aromatic rings. The number of benzene rings is 1. The van der Waals surface area contributed by atoms with E-state index in [2.05, 4.69) is 23.4 Å². The maximum atomic E-state index is 13.5. The van der Waals surface area contributed by atoms with Gasteiger partial charge in [0.1, 0.15) is 5.82 Å². The summed E-state index contributed by atoms with van der Waals surface area (Å²) in [6.07, 6.45) is 1.05. The van der Waals surface area contributed by atoms with E-state index in [-0.39, 0.29) is 11.9 Å². The van der Waals surface area contributed by atoms with E-state index in [1.54, 1.807) is 6.92 Å². The predicted molar refractivity (Wildman–Crippen MR) is 79.2 cm³/mol. The molecule has 108 valence electrons. The third kappa shape index (κ3) is 3.07. The van der Waals surface area contributed by atoms with Crippen LogP contribution in [0.2, 0.25) is 0 Å².